The molecule has 1 heterocycles. The molecule has 156 valence electrons. The molecule has 0 unspecified atom stereocenters. The molecule has 0 saturated heterocycles. The van der Waals surface area contributed by atoms with E-state index in [1.165, 1.54) is 11.4 Å². The zero-order valence-corrected chi connectivity index (χ0v) is 18.6. The topological polar surface area (TPSA) is 75.7 Å². The van der Waals surface area contributed by atoms with Gasteiger partial charge >= 0.3 is 0 Å². The molecule has 1 atom stereocenters. The third-order valence-corrected chi connectivity index (χ3v) is 6.51. The Morgan fingerprint density at radius 2 is 1.90 bits per heavy atom. The number of aryl methyl sites for hydroxylation is 1. The lowest BCUT2D eigenvalue weighted by molar-refractivity contribution is 0.0619. The summed E-state index contributed by atoms with van der Waals surface area (Å²) in [6, 6.07) is 10.9. The van der Waals surface area contributed by atoms with Gasteiger partial charge in [0.15, 0.2) is 0 Å². The average Bonchev–Trinajstić information content (AvgIpc) is 2.60. The number of fused-ring (bicyclic) bond motifs is 1. The Kier molecular flexibility index (Phi) is 5.38. The number of benzene rings is 2. The monoisotopic (exact) mass is 416 g/mol. The van der Waals surface area contributed by atoms with Gasteiger partial charge in [0.25, 0.3) is 5.91 Å². The first-order chi connectivity index (χ1) is 13.4. The first-order valence-corrected chi connectivity index (χ1v) is 11.4. The van der Waals surface area contributed by atoms with Crippen LogP contribution < -0.4 is 14.4 Å². The first-order valence-electron chi connectivity index (χ1n) is 9.53. The van der Waals surface area contributed by atoms with Gasteiger partial charge in [-0.2, -0.15) is 0 Å². The molecule has 0 radical (unpaired) electrons. The number of carbonyl (C=O) groups is 1. The number of sulfonamides is 1. The van der Waals surface area contributed by atoms with Crippen molar-refractivity contribution in [2.45, 2.75) is 45.8 Å². The van der Waals surface area contributed by atoms with Gasteiger partial charge in [-0.1, -0.05) is 23.8 Å². The van der Waals surface area contributed by atoms with Crippen molar-refractivity contribution < 1.29 is 17.9 Å². The van der Waals surface area contributed by atoms with E-state index < -0.39 is 15.6 Å². The molecule has 1 amide bonds. The van der Waals surface area contributed by atoms with Gasteiger partial charge in [-0.25, -0.2) is 8.42 Å². The van der Waals surface area contributed by atoms with E-state index in [0.29, 0.717) is 23.2 Å². The second-order valence-electron chi connectivity index (χ2n) is 8.31. The molecule has 0 bridgehead atoms. The zero-order chi connectivity index (χ0) is 21.6. The van der Waals surface area contributed by atoms with Crippen molar-refractivity contribution in [3.8, 4) is 5.75 Å². The molecule has 2 aromatic rings. The van der Waals surface area contributed by atoms with Crippen LogP contribution in [0.15, 0.2) is 36.4 Å². The fourth-order valence-corrected chi connectivity index (χ4v) is 4.28. The third kappa shape index (κ3) is 4.40. The van der Waals surface area contributed by atoms with E-state index in [1.54, 1.807) is 25.1 Å². The van der Waals surface area contributed by atoms with Crippen molar-refractivity contribution in [2.75, 3.05) is 17.6 Å². The van der Waals surface area contributed by atoms with Crippen LogP contribution in [0.4, 0.5) is 5.69 Å². The highest BCUT2D eigenvalue weighted by atomic mass is 32.2. The lowest BCUT2D eigenvalue weighted by atomic mass is 9.88. The molecule has 1 aliphatic heterocycles. The van der Waals surface area contributed by atoms with E-state index >= 15 is 0 Å². The van der Waals surface area contributed by atoms with Crippen molar-refractivity contribution in [1.29, 1.82) is 0 Å². The number of amides is 1. The summed E-state index contributed by atoms with van der Waals surface area (Å²) in [5.74, 6) is 0.542. The van der Waals surface area contributed by atoms with Gasteiger partial charge in [-0.3, -0.25) is 9.10 Å². The highest BCUT2D eigenvalue weighted by Crippen LogP contribution is 2.40. The summed E-state index contributed by atoms with van der Waals surface area (Å²) >= 11 is 0. The third-order valence-electron chi connectivity index (χ3n) is 5.31. The molecule has 29 heavy (non-hydrogen) atoms. The maximum Gasteiger partial charge on any atom is 0.252 e. The van der Waals surface area contributed by atoms with Crippen LogP contribution in [0.1, 0.15) is 53.4 Å². The summed E-state index contributed by atoms with van der Waals surface area (Å²) in [6.45, 7) is 7.77. The predicted octanol–water partition coefficient (Wildman–Crippen LogP) is 3.73. The number of carbonyl (C=O) groups excluding carboxylic acids is 1. The van der Waals surface area contributed by atoms with E-state index in [4.69, 9.17) is 4.74 Å². The van der Waals surface area contributed by atoms with Crippen LogP contribution in [0.5, 0.6) is 5.75 Å². The van der Waals surface area contributed by atoms with Gasteiger partial charge in [0.1, 0.15) is 11.4 Å². The van der Waals surface area contributed by atoms with Crippen LogP contribution in [0.25, 0.3) is 0 Å². The van der Waals surface area contributed by atoms with Crippen molar-refractivity contribution in [3.05, 3.63) is 58.7 Å². The molecule has 0 aliphatic carbocycles. The number of hydrogen-bond donors (Lipinski definition) is 1. The summed E-state index contributed by atoms with van der Waals surface area (Å²) in [5.41, 5.74) is 3.21. The van der Waals surface area contributed by atoms with Gasteiger partial charge in [0, 0.05) is 24.6 Å². The smallest absolute Gasteiger partial charge is 0.252 e. The largest absolute Gasteiger partial charge is 0.487 e. The van der Waals surface area contributed by atoms with Gasteiger partial charge in [-0.15, -0.1) is 0 Å². The fraction of sp³-hybridized carbons (Fsp3) is 0.409. The molecule has 0 saturated carbocycles. The van der Waals surface area contributed by atoms with Crippen LogP contribution >= 0.6 is 0 Å². The van der Waals surface area contributed by atoms with Crippen LogP contribution in [-0.2, 0) is 10.0 Å². The second-order valence-corrected chi connectivity index (χ2v) is 10.3. The lowest BCUT2D eigenvalue weighted by Gasteiger charge is -2.38. The second kappa shape index (κ2) is 7.37. The molecule has 1 aliphatic rings. The standard InChI is InChI=1S/C22H28N2O4S/c1-14-10-11-20-17(12-14)18(13-22(3,4)28-20)23-21(25)16-8-7-9-19(15(16)2)24(5)29(6,26)27/h7-12,18H,13H2,1-6H3,(H,23,25)/t18-/m0/s1. The normalized spacial score (nSPS) is 17.8. The van der Waals surface area contributed by atoms with Crippen molar-refractivity contribution in [3.63, 3.8) is 0 Å². The summed E-state index contributed by atoms with van der Waals surface area (Å²) in [7, 11) is -1.94. The summed E-state index contributed by atoms with van der Waals surface area (Å²) in [4.78, 5) is 13.1. The Labute approximate surface area is 172 Å². The van der Waals surface area contributed by atoms with Gasteiger partial charge < -0.3 is 10.1 Å². The number of anilines is 1. The summed E-state index contributed by atoms with van der Waals surface area (Å²) in [5, 5.41) is 3.13. The summed E-state index contributed by atoms with van der Waals surface area (Å²) < 4.78 is 31.1. The molecule has 2 aromatic carbocycles. The van der Waals surface area contributed by atoms with Crippen LogP contribution in [0.3, 0.4) is 0 Å². The number of nitrogens with one attached hydrogen (secondary N) is 1. The minimum atomic E-state index is -3.42. The molecule has 0 spiro atoms. The van der Waals surface area contributed by atoms with Crippen LogP contribution in [0.2, 0.25) is 0 Å². The number of ether oxygens (including phenoxy) is 1. The predicted molar refractivity (Wildman–Crippen MR) is 115 cm³/mol. The average molecular weight is 417 g/mol. The number of nitrogens with zero attached hydrogens (tertiary/aromatic N) is 1. The first kappa shape index (κ1) is 21.2. The van der Waals surface area contributed by atoms with E-state index in [1.807, 2.05) is 39.0 Å². The number of rotatable bonds is 4. The van der Waals surface area contributed by atoms with E-state index in [0.717, 1.165) is 23.1 Å². The minimum absolute atomic E-state index is 0.197. The molecular formula is C22H28N2O4S. The molecule has 6 nitrogen and oxygen atoms in total. The Morgan fingerprint density at radius 1 is 1.21 bits per heavy atom. The molecule has 7 heteroatoms. The van der Waals surface area contributed by atoms with Crippen molar-refractivity contribution in [1.82, 2.24) is 5.32 Å². The SMILES string of the molecule is Cc1ccc2c(c1)[C@@H](NC(=O)c1cccc(N(C)S(C)(=O)=O)c1C)CC(C)(C)O2. The van der Waals surface area contributed by atoms with E-state index in [-0.39, 0.29) is 11.9 Å². The van der Waals surface area contributed by atoms with E-state index in [9.17, 15) is 13.2 Å². The lowest BCUT2D eigenvalue weighted by Crippen LogP contribution is -2.41. The fourth-order valence-electron chi connectivity index (χ4n) is 3.73. The quantitative estimate of drug-likeness (QED) is 0.824. The zero-order valence-electron chi connectivity index (χ0n) is 17.7. The molecule has 0 aromatic heterocycles. The summed E-state index contributed by atoms with van der Waals surface area (Å²) in [6.07, 6.45) is 1.78. The number of hydrogen-bond acceptors (Lipinski definition) is 4. The van der Waals surface area contributed by atoms with Gasteiger partial charge in [0.05, 0.1) is 18.0 Å². The molecule has 1 N–H and O–H groups in total. The maximum atomic E-state index is 13.1. The van der Waals surface area contributed by atoms with Crippen LogP contribution in [-0.4, -0.2) is 33.2 Å². The van der Waals surface area contributed by atoms with Gasteiger partial charge in [-0.05, 0) is 51.5 Å². The Bertz CT molecular complexity index is 1060. The Balaban J connectivity index is 1.95. The van der Waals surface area contributed by atoms with Gasteiger partial charge in [0.2, 0.25) is 10.0 Å². The highest BCUT2D eigenvalue weighted by Gasteiger charge is 2.35. The van der Waals surface area contributed by atoms with Crippen LogP contribution in [0, 0.1) is 13.8 Å². The molecule has 0 fully saturated rings. The Hall–Kier alpha value is -2.54. The molecule has 3 rings (SSSR count). The highest BCUT2D eigenvalue weighted by molar-refractivity contribution is 7.92. The van der Waals surface area contributed by atoms with Crippen molar-refractivity contribution >= 4 is 21.6 Å². The molecular weight excluding hydrogens is 388 g/mol. The van der Waals surface area contributed by atoms with E-state index in [2.05, 4.69) is 5.32 Å². The Morgan fingerprint density at radius 3 is 2.55 bits per heavy atom. The minimum Gasteiger partial charge on any atom is -0.487 e. The maximum absolute atomic E-state index is 13.1. The van der Waals surface area contributed by atoms with Crippen molar-refractivity contribution in [2.24, 2.45) is 0 Å².